The Morgan fingerprint density at radius 3 is 2.56 bits per heavy atom. The minimum absolute atomic E-state index is 0.138. The number of benzene rings is 2. The average Bonchev–Trinajstić information content (AvgIpc) is 2.61. The normalized spacial score (nSPS) is 10.6. The second-order valence-corrected chi connectivity index (χ2v) is 6.22. The Kier molecular flexibility index (Phi) is 9.93. The fourth-order valence-corrected chi connectivity index (χ4v) is 2.35. The number of carbonyl (C=O) groups is 1. The molecule has 6 nitrogen and oxygen atoms in total. The van der Waals surface area contributed by atoms with E-state index in [1.807, 2.05) is 44.2 Å². The number of ether oxygens (including phenoxy) is 1. The number of carboxylic acid groups (broad SMARTS) is 1. The molecule has 1 amide bonds. The lowest BCUT2D eigenvalue weighted by atomic mass is 10.1. The van der Waals surface area contributed by atoms with Crippen molar-refractivity contribution in [1.82, 2.24) is 5.32 Å². The summed E-state index contributed by atoms with van der Waals surface area (Å²) < 4.78 is 4.25. The van der Waals surface area contributed by atoms with E-state index in [4.69, 9.17) is 21.5 Å². The van der Waals surface area contributed by atoms with Crippen LogP contribution in [-0.2, 0) is 22.7 Å². The molecule has 0 unspecified atom stereocenters. The molecule has 2 N–H and O–H groups in total. The van der Waals surface area contributed by atoms with Gasteiger partial charge in [0.15, 0.2) is 0 Å². The van der Waals surface area contributed by atoms with Crippen LogP contribution < -0.4 is 5.32 Å². The quantitative estimate of drug-likeness (QED) is 0.555. The molecule has 0 aromatic heterocycles. The topological polar surface area (TPSA) is 80.2 Å². The van der Waals surface area contributed by atoms with Crippen LogP contribution in [0.4, 0.5) is 4.79 Å². The number of methoxy groups -OCH3 is 1. The maximum absolute atomic E-state index is 10.6. The fraction of sp³-hybridized carbons (Fsp3) is 0.300. The van der Waals surface area contributed by atoms with Crippen molar-refractivity contribution >= 4 is 23.4 Å². The van der Waals surface area contributed by atoms with Crippen molar-refractivity contribution < 1.29 is 19.5 Å². The molecule has 0 bridgehead atoms. The van der Waals surface area contributed by atoms with Gasteiger partial charge in [-0.3, -0.25) is 0 Å². The smallest absolute Gasteiger partial charge is 0.404 e. The maximum Gasteiger partial charge on any atom is 0.404 e. The summed E-state index contributed by atoms with van der Waals surface area (Å²) in [4.78, 5) is 16.0. The number of hydrogen-bond acceptors (Lipinski definition) is 4. The van der Waals surface area contributed by atoms with Gasteiger partial charge in [0, 0.05) is 25.8 Å². The molecule has 0 saturated heterocycles. The van der Waals surface area contributed by atoms with Crippen LogP contribution in [0.15, 0.2) is 47.6 Å². The van der Waals surface area contributed by atoms with Crippen molar-refractivity contribution in [2.75, 3.05) is 14.2 Å². The number of nitrogens with one attached hydrogen (secondary N) is 1. The minimum Gasteiger partial charge on any atom is -0.465 e. The van der Waals surface area contributed by atoms with Crippen LogP contribution in [0.2, 0.25) is 5.02 Å². The molecule has 7 heteroatoms. The summed E-state index contributed by atoms with van der Waals surface area (Å²) in [7, 11) is 3.25. The van der Waals surface area contributed by atoms with Gasteiger partial charge in [-0.05, 0) is 42.7 Å². The van der Waals surface area contributed by atoms with Gasteiger partial charge in [-0.2, -0.15) is 0 Å². The highest BCUT2D eigenvalue weighted by Gasteiger charge is 2.06. The highest BCUT2D eigenvalue weighted by atomic mass is 35.5. The number of oxime groups is 1. The predicted octanol–water partition coefficient (Wildman–Crippen LogP) is 4.62. The van der Waals surface area contributed by atoms with Gasteiger partial charge < -0.3 is 20.0 Å². The van der Waals surface area contributed by atoms with E-state index in [9.17, 15) is 4.79 Å². The van der Waals surface area contributed by atoms with Gasteiger partial charge in [0.1, 0.15) is 6.61 Å². The first kappa shape index (κ1) is 22.5. The SMILES string of the molecule is CC(=NOCc1cccc(C)c1)c1ccc(Cl)c(CNC(=O)O)c1.COC. The molecule has 0 saturated carbocycles. The molecule has 0 aliphatic carbocycles. The van der Waals surface area contributed by atoms with Gasteiger partial charge in [-0.25, -0.2) is 4.79 Å². The molecule has 27 heavy (non-hydrogen) atoms. The number of hydrogen-bond donors (Lipinski definition) is 2. The third kappa shape index (κ3) is 8.57. The molecule has 0 atom stereocenters. The molecule has 0 radical (unpaired) electrons. The largest absolute Gasteiger partial charge is 0.465 e. The molecule has 0 aliphatic heterocycles. The van der Waals surface area contributed by atoms with Crippen LogP contribution in [0, 0.1) is 6.92 Å². The minimum atomic E-state index is -1.09. The molecule has 2 aromatic carbocycles. The van der Waals surface area contributed by atoms with Crippen LogP contribution in [0.25, 0.3) is 0 Å². The van der Waals surface area contributed by atoms with E-state index in [1.54, 1.807) is 26.4 Å². The Morgan fingerprint density at radius 2 is 1.93 bits per heavy atom. The van der Waals surface area contributed by atoms with Crippen LogP contribution in [0.1, 0.15) is 29.2 Å². The number of nitrogens with zero attached hydrogens (tertiary/aromatic N) is 1. The Hall–Kier alpha value is -2.57. The van der Waals surface area contributed by atoms with Crippen LogP contribution in [0.5, 0.6) is 0 Å². The first-order valence-corrected chi connectivity index (χ1v) is 8.63. The van der Waals surface area contributed by atoms with Gasteiger partial charge in [-0.15, -0.1) is 0 Å². The van der Waals surface area contributed by atoms with Crippen molar-refractivity contribution in [3.05, 3.63) is 69.7 Å². The van der Waals surface area contributed by atoms with Crippen LogP contribution in [0.3, 0.4) is 0 Å². The molecule has 0 spiro atoms. The monoisotopic (exact) mass is 392 g/mol. The lowest BCUT2D eigenvalue weighted by Gasteiger charge is -2.08. The summed E-state index contributed by atoms with van der Waals surface area (Å²) in [6.07, 6.45) is -1.09. The Balaban J connectivity index is 0.00000114. The lowest BCUT2D eigenvalue weighted by Crippen LogP contribution is -2.20. The van der Waals surface area contributed by atoms with Gasteiger partial charge in [0.25, 0.3) is 0 Å². The van der Waals surface area contributed by atoms with Gasteiger partial charge >= 0.3 is 6.09 Å². The maximum atomic E-state index is 10.6. The molecule has 0 fully saturated rings. The van der Waals surface area contributed by atoms with E-state index < -0.39 is 6.09 Å². The number of rotatable bonds is 6. The van der Waals surface area contributed by atoms with E-state index in [0.717, 1.165) is 11.1 Å². The van der Waals surface area contributed by atoms with E-state index >= 15 is 0 Å². The number of aryl methyl sites for hydroxylation is 1. The molecule has 0 aliphatic rings. The fourth-order valence-electron chi connectivity index (χ4n) is 2.16. The molecule has 2 rings (SSSR count). The van der Waals surface area contributed by atoms with Crippen molar-refractivity contribution in [1.29, 1.82) is 0 Å². The van der Waals surface area contributed by atoms with E-state index in [0.29, 0.717) is 22.9 Å². The van der Waals surface area contributed by atoms with Crippen molar-refractivity contribution in [2.24, 2.45) is 5.16 Å². The molecule has 2 aromatic rings. The highest BCUT2D eigenvalue weighted by Crippen LogP contribution is 2.18. The Bertz CT molecular complexity index is 778. The second-order valence-electron chi connectivity index (χ2n) is 5.81. The van der Waals surface area contributed by atoms with Gasteiger partial charge in [0.05, 0.1) is 5.71 Å². The molecule has 0 heterocycles. The standard InChI is InChI=1S/C18H19ClN2O3.C2H6O/c1-12-4-3-5-14(8-12)11-24-21-13(2)15-6-7-17(19)16(9-15)10-20-18(22)23;1-3-2/h3-9,20H,10-11H2,1-2H3,(H,22,23);1-2H3. The van der Waals surface area contributed by atoms with Crippen molar-refractivity contribution in [2.45, 2.75) is 27.0 Å². The van der Waals surface area contributed by atoms with Crippen LogP contribution >= 0.6 is 11.6 Å². The first-order chi connectivity index (χ1) is 12.9. The van der Waals surface area contributed by atoms with E-state index in [-0.39, 0.29) is 6.54 Å². The van der Waals surface area contributed by atoms with Gasteiger partial charge in [0.2, 0.25) is 0 Å². The zero-order chi connectivity index (χ0) is 20.2. The Morgan fingerprint density at radius 1 is 1.22 bits per heavy atom. The summed E-state index contributed by atoms with van der Waals surface area (Å²) in [5.74, 6) is 0. The predicted molar refractivity (Wildman–Crippen MR) is 107 cm³/mol. The molecular weight excluding hydrogens is 368 g/mol. The average molecular weight is 393 g/mol. The summed E-state index contributed by atoms with van der Waals surface area (Å²) in [5, 5.41) is 15.6. The summed E-state index contributed by atoms with van der Waals surface area (Å²) >= 11 is 6.08. The lowest BCUT2D eigenvalue weighted by molar-refractivity contribution is 0.130. The van der Waals surface area contributed by atoms with Crippen LogP contribution in [-0.4, -0.2) is 31.1 Å². The Labute approximate surface area is 164 Å². The molecule has 146 valence electrons. The van der Waals surface area contributed by atoms with Gasteiger partial charge in [-0.1, -0.05) is 52.7 Å². The highest BCUT2D eigenvalue weighted by molar-refractivity contribution is 6.31. The molecular formula is C20H25ClN2O4. The third-order valence-electron chi connectivity index (χ3n) is 3.41. The third-order valence-corrected chi connectivity index (χ3v) is 3.78. The summed E-state index contributed by atoms with van der Waals surface area (Å²) in [5.41, 5.74) is 4.42. The van der Waals surface area contributed by atoms with E-state index in [1.165, 1.54) is 5.56 Å². The summed E-state index contributed by atoms with van der Waals surface area (Å²) in [6, 6.07) is 13.4. The van der Waals surface area contributed by atoms with Crippen molar-refractivity contribution in [3.8, 4) is 0 Å². The number of amides is 1. The second kappa shape index (κ2) is 11.9. The van der Waals surface area contributed by atoms with Crippen molar-refractivity contribution in [3.63, 3.8) is 0 Å². The zero-order valence-electron chi connectivity index (χ0n) is 16.0. The first-order valence-electron chi connectivity index (χ1n) is 8.25. The summed E-state index contributed by atoms with van der Waals surface area (Å²) in [6.45, 7) is 4.38. The van der Waals surface area contributed by atoms with E-state index in [2.05, 4.69) is 15.2 Å². The zero-order valence-corrected chi connectivity index (χ0v) is 16.7. The number of halogens is 1.